The van der Waals surface area contributed by atoms with E-state index in [0.717, 1.165) is 30.2 Å². The van der Waals surface area contributed by atoms with Crippen LogP contribution in [0.15, 0.2) is 28.7 Å². The Kier molecular flexibility index (Phi) is 6.22. The van der Waals surface area contributed by atoms with Gasteiger partial charge in [-0.05, 0) is 44.0 Å². The van der Waals surface area contributed by atoms with Crippen molar-refractivity contribution in [1.82, 2.24) is 5.32 Å². The Hall–Kier alpha value is -0.780. The first-order valence-corrected chi connectivity index (χ1v) is 6.40. The predicted molar refractivity (Wildman–Crippen MR) is 73.4 cm³/mol. The van der Waals surface area contributed by atoms with Crippen molar-refractivity contribution >= 4 is 15.9 Å². The molecule has 0 aromatic heterocycles. The monoisotopic (exact) mass is 279 g/mol. The van der Waals surface area contributed by atoms with Crippen LogP contribution in [-0.4, -0.2) is 13.1 Å². The maximum Gasteiger partial charge on any atom is 0.0175 e. The molecule has 86 valence electrons. The number of hydrogen-bond donors (Lipinski definition) is 1. The minimum atomic E-state index is 0.523. The summed E-state index contributed by atoms with van der Waals surface area (Å²) in [5.41, 5.74) is 1.36. The lowest BCUT2D eigenvalue weighted by molar-refractivity contribution is 0.506. The molecule has 0 radical (unpaired) electrons. The van der Waals surface area contributed by atoms with E-state index in [4.69, 9.17) is 6.42 Å². The van der Waals surface area contributed by atoms with Gasteiger partial charge in [-0.15, -0.1) is 12.3 Å². The van der Waals surface area contributed by atoms with E-state index in [1.165, 1.54) is 5.56 Å². The summed E-state index contributed by atoms with van der Waals surface area (Å²) in [6.45, 7) is 0. The maximum atomic E-state index is 5.25. The number of unbranched alkanes of at least 4 members (excludes halogenated alkanes) is 1. The first-order chi connectivity index (χ1) is 7.76. The van der Waals surface area contributed by atoms with Crippen LogP contribution in [0.4, 0.5) is 0 Å². The Bertz CT molecular complexity index is 337. The molecule has 2 heteroatoms. The van der Waals surface area contributed by atoms with Gasteiger partial charge in [0.05, 0.1) is 0 Å². The molecule has 1 atom stereocenters. The molecular weight excluding hydrogens is 262 g/mol. The molecule has 0 fully saturated rings. The summed E-state index contributed by atoms with van der Waals surface area (Å²) in [6, 6.07) is 9.02. The minimum absolute atomic E-state index is 0.523. The third-order valence-corrected chi connectivity index (χ3v) is 3.21. The van der Waals surface area contributed by atoms with Crippen LogP contribution in [-0.2, 0) is 6.42 Å². The first kappa shape index (κ1) is 13.3. The highest BCUT2D eigenvalue weighted by molar-refractivity contribution is 9.10. The molecule has 1 nitrogen and oxygen atoms in total. The van der Waals surface area contributed by atoms with Crippen LogP contribution in [0.1, 0.15) is 24.8 Å². The van der Waals surface area contributed by atoms with E-state index in [1.807, 2.05) is 7.05 Å². The second-order valence-electron chi connectivity index (χ2n) is 3.91. The van der Waals surface area contributed by atoms with Gasteiger partial charge in [0.2, 0.25) is 0 Å². The standard InChI is InChI=1S/C14H18BrN/c1-3-4-5-6-14(16-2)11-12-7-9-13(15)10-8-12/h1,7-10,14,16H,4-6,11H2,2H3. The molecule has 1 N–H and O–H groups in total. The molecule has 1 aromatic carbocycles. The summed E-state index contributed by atoms with van der Waals surface area (Å²) in [4.78, 5) is 0. The van der Waals surface area contributed by atoms with Crippen LogP contribution in [0.2, 0.25) is 0 Å². The number of halogens is 1. The highest BCUT2D eigenvalue weighted by Crippen LogP contribution is 2.13. The van der Waals surface area contributed by atoms with Gasteiger partial charge in [0.25, 0.3) is 0 Å². The fourth-order valence-electron chi connectivity index (χ4n) is 1.70. The van der Waals surface area contributed by atoms with E-state index >= 15 is 0 Å². The number of hydrogen-bond acceptors (Lipinski definition) is 1. The Labute approximate surface area is 107 Å². The van der Waals surface area contributed by atoms with Crippen molar-refractivity contribution < 1.29 is 0 Å². The second kappa shape index (κ2) is 7.49. The van der Waals surface area contributed by atoms with E-state index in [0.29, 0.717) is 6.04 Å². The van der Waals surface area contributed by atoms with Crippen LogP contribution < -0.4 is 5.32 Å². The van der Waals surface area contributed by atoms with Gasteiger partial charge in [0.1, 0.15) is 0 Å². The van der Waals surface area contributed by atoms with Crippen molar-refractivity contribution in [3.63, 3.8) is 0 Å². The van der Waals surface area contributed by atoms with Gasteiger partial charge in [-0.2, -0.15) is 0 Å². The van der Waals surface area contributed by atoms with Crippen molar-refractivity contribution in [1.29, 1.82) is 0 Å². The highest BCUT2D eigenvalue weighted by Gasteiger charge is 2.06. The zero-order chi connectivity index (χ0) is 11.8. The van der Waals surface area contributed by atoms with Gasteiger partial charge >= 0.3 is 0 Å². The molecule has 1 rings (SSSR count). The number of benzene rings is 1. The Morgan fingerprint density at radius 2 is 2.06 bits per heavy atom. The Morgan fingerprint density at radius 1 is 1.38 bits per heavy atom. The van der Waals surface area contributed by atoms with Crippen molar-refractivity contribution in [2.45, 2.75) is 31.7 Å². The Balaban J connectivity index is 2.43. The zero-order valence-electron chi connectivity index (χ0n) is 9.67. The first-order valence-electron chi connectivity index (χ1n) is 5.61. The predicted octanol–water partition coefficient (Wildman–Crippen LogP) is 3.38. The molecule has 0 aliphatic heterocycles. The van der Waals surface area contributed by atoms with Crippen molar-refractivity contribution in [2.24, 2.45) is 0 Å². The van der Waals surface area contributed by atoms with Crippen LogP contribution in [0, 0.1) is 12.3 Å². The molecule has 1 unspecified atom stereocenters. The van der Waals surface area contributed by atoms with Crippen LogP contribution in [0.5, 0.6) is 0 Å². The number of rotatable bonds is 6. The molecular formula is C14H18BrN. The molecule has 0 amide bonds. The number of likely N-dealkylation sites (N-methyl/N-ethyl adjacent to an activating group) is 1. The fourth-order valence-corrected chi connectivity index (χ4v) is 1.97. The lowest BCUT2D eigenvalue weighted by Crippen LogP contribution is -2.27. The summed E-state index contributed by atoms with van der Waals surface area (Å²) in [5, 5.41) is 3.34. The highest BCUT2D eigenvalue weighted by atomic mass is 79.9. The van der Waals surface area contributed by atoms with Crippen LogP contribution in [0.3, 0.4) is 0 Å². The van der Waals surface area contributed by atoms with E-state index in [-0.39, 0.29) is 0 Å². The molecule has 1 aromatic rings. The lowest BCUT2D eigenvalue weighted by atomic mass is 10.0. The zero-order valence-corrected chi connectivity index (χ0v) is 11.3. The van der Waals surface area contributed by atoms with E-state index in [9.17, 15) is 0 Å². The fraction of sp³-hybridized carbons (Fsp3) is 0.429. The number of nitrogens with one attached hydrogen (secondary N) is 1. The molecule has 0 spiro atoms. The van der Waals surface area contributed by atoms with Crippen LogP contribution in [0.25, 0.3) is 0 Å². The lowest BCUT2D eigenvalue weighted by Gasteiger charge is -2.15. The topological polar surface area (TPSA) is 12.0 Å². The maximum absolute atomic E-state index is 5.25. The molecule has 0 aliphatic rings. The smallest absolute Gasteiger partial charge is 0.0175 e. The van der Waals surface area contributed by atoms with E-state index in [1.54, 1.807) is 0 Å². The van der Waals surface area contributed by atoms with Gasteiger partial charge in [-0.1, -0.05) is 28.1 Å². The van der Waals surface area contributed by atoms with Crippen molar-refractivity contribution in [3.8, 4) is 12.3 Å². The van der Waals surface area contributed by atoms with Crippen molar-refractivity contribution in [2.75, 3.05) is 7.05 Å². The summed E-state index contributed by atoms with van der Waals surface area (Å²) >= 11 is 3.44. The molecule has 0 heterocycles. The molecule has 0 saturated carbocycles. The van der Waals surface area contributed by atoms with Gasteiger partial charge in [-0.25, -0.2) is 0 Å². The third kappa shape index (κ3) is 4.83. The second-order valence-corrected chi connectivity index (χ2v) is 4.83. The summed E-state index contributed by atoms with van der Waals surface area (Å²) < 4.78 is 1.13. The van der Waals surface area contributed by atoms with Crippen molar-refractivity contribution in [3.05, 3.63) is 34.3 Å². The van der Waals surface area contributed by atoms with Gasteiger partial charge < -0.3 is 5.32 Å². The largest absolute Gasteiger partial charge is 0.317 e. The Morgan fingerprint density at radius 3 is 2.62 bits per heavy atom. The normalized spacial score (nSPS) is 12.1. The average Bonchev–Trinajstić information content (AvgIpc) is 2.31. The van der Waals surface area contributed by atoms with E-state index in [2.05, 4.69) is 51.4 Å². The third-order valence-electron chi connectivity index (χ3n) is 2.68. The quantitative estimate of drug-likeness (QED) is 0.622. The SMILES string of the molecule is C#CCCCC(Cc1ccc(Br)cc1)NC. The minimum Gasteiger partial charge on any atom is -0.317 e. The van der Waals surface area contributed by atoms with Gasteiger partial charge in [0, 0.05) is 16.9 Å². The molecule has 16 heavy (non-hydrogen) atoms. The van der Waals surface area contributed by atoms with Crippen LogP contribution >= 0.6 is 15.9 Å². The summed E-state index contributed by atoms with van der Waals surface area (Å²) in [5.74, 6) is 2.68. The average molecular weight is 280 g/mol. The molecule has 0 saturated heterocycles. The summed E-state index contributed by atoms with van der Waals surface area (Å²) in [7, 11) is 2.01. The number of terminal acetylenes is 1. The molecule has 0 bridgehead atoms. The summed E-state index contributed by atoms with van der Waals surface area (Å²) in [6.07, 6.45) is 9.42. The van der Waals surface area contributed by atoms with Gasteiger partial charge in [0.15, 0.2) is 0 Å². The molecule has 0 aliphatic carbocycles. The van der Waals surface area contributed by atoms with Gasteiger partial charge in [-0.3, -0.25) is 0 Å². The van der Waals surface area contributed by atoms with E-state index < -0.39 is 0 Å².